The number of halogens is 3. The van der Waals surface area contributed by atoms with Crippen molar-refractivity contribution < 1.29 is 19.1 Å². The topological polar surface area (TPSA) is 67.9 Å². The molecule has 0 saturated carbocycles. The van der Waals surface area contributed by atoms with Gasteiger partial charge >= 0.3 is 0 Å². The number of nitrogens with one attached hydrogen (secondary N) is 1. The second-order valence-corrected chi connectivity index (χ2v) is 10.7. The lowest BCUT2D eigenvalue weighted by Crippen LogP contribution is -2.47. The number of thiocarbonyl (C=S) groups is 1. The number of hydrogen-bond acceptors (Lipinski definition) is 6. The number of hydrogen-bond donors (Lipinski definition) is 1. The minimum absolute atomic E-state index is 0.124. The molecule has 1 saturated heterocycles. The van der Waals surface area contributed by atoms with Crippen molar-refractivity contribution in [2.24, 2.45) is 0 Å². The quantitative estimate of drug-likeness (QED) is 0.154. The first kappa shape index (κ1) is 26.2. The highest BCUT2D eigenvalue weighted by atomic mass is 35.6. The van der Waals surface area contributed by atoms with Gasteiger partial charge in [0.1, 0.15) is 10.1 Å². The average molecular weight is 526 g/mol. The fraction of sp³-hybridized carbons (Fsp3) is 0.450. The van der Waals surface area contributed by atoms with Crippen molar-refractivity contribution in [3.05, 3.63) is 34.7 Å². The van der Waals surface area contributed by atoms with E-state index in [-0.39, 0.29) is 11.8 Å². The Balaban J connectivity index is 2.06. The Morgan fingerprint density at radius 2 is 2.00 bits per heavy atom. The number of rotatable bonds is 10. The van der Waals surface area contributed by atoms with Gasteiger partial charge in [-0.25, -0.2) is 0 Å². The van der Waals surface area contributed by atoms with Crippen molar-refractivity contribution in [2.75, 3.05) is 20.3 Å². The zero-order valence-corrected chi connectivity index (χ0v) is 20.9. The van der Waals surface area contributed by atoms with Gasteiger partial charge in [0.25, 0.3) is 5.91 Å². The molecule has 1 aliphatic rings. The third kappa shape index (κ3) is 8.11. The highest BCUT2D eigenvalue weighted by Crippen LogP contribution is 2.34. The van der Waals surface area contributed by atoms with Crippen molar-refractivity contribution in [1.82, 2.24) is 10.2 Å². The van der Waals surface area contributed by atoms with E-state index in [2.05, 4.69) is 5.32 Å². The van der Waals surface area contributed by atoms with Crippen LogP contribution in [0.2, 0.25) is 0 Å². The van der Waals surface area contributed by atoms with Gasteiger partial charge < -0.3 is 14.8 Å². The molecule has 0 aliphatic carbocycles. The van der Waals surface area contributed by atoms with E-state index in [1.807, 2.05) is 6.92 Å². The van der Waals surface area contributed by atoms with Crippen LogP contribution in [0.15, 0.2) is 29.2 Å². The molecule has 1 N–H and O–H groups in total. The summed E-state index contributed by atoms with van der Waals surface area (Å²) in [6.07, 6.45) is 2.27. The fourth-order valence-electron chi connectivity index (χ4n) is 2.61. The lowest BCUT2D eigenvalue weighted by Gasteiger charge is -2.26. The van der Waals surface area contributed by atoms with E-state index in [1.165, 1.54) is 11.8 Å². The molecule has 1 aromatic rings. The fourth-order valence-corrected chi connectivity index (χ4v) is 4.22. The minimum atomic E-state index is -1.85. The van der Waals surface area contributed by atoms with E-state index >= 15 is 0 Å². The van der Waals surface area contributed by atoms with E-state index in [0.717, 1.165) is 5.56 Å². The van der Waals surface area contributed by atoms with Crippen LogP contribution in [-0.2, 0) is 14.3 Å². The maximum atomic E-state index is 12.6. The van der Waals surface area contributed by atoms with E-state index in [4.69, 9.17) is 56.5 Å². The normalized spacial score (nSPS) is 16.7. The lowest BCUT2D eigenvalue weighted by molar-refractivity contribution is -0.124. The van der Waals surface area contributed by atoms with Gasteiger partial charge in [0.05, 0.1) is 4.91 Å². The molecule has 0 radical (unpaired) electrons. The molecule has 0 unspecified atom stereocenters. The summed E-state index contributed by atoms with van der Waals surface area (Å²) in [6.45, 7) is 2.95. The molecule has 0 bridgehead atoms. The standard InChI is InChI=1S/C20H23Cl3N2O4S2/c1-3-5-16(26)24-18(20(21,22)23)29-14-8-6-13(7-9-14)12-15-17(27)25(19(30)31-15)10-4-11-28-2/h6-9,12,18H,3-5,10-11H2,1-2H3,(H,24,26)/b15-12-/t18-/m1/s1. The van der Waals surface area contributed by atoms with Crippen molar-refractivity contribution in [2.45, 2.75) is 36.2 Å². The van der Waals surface area contributed by atoms with E-state index in [1.54, 1.807) is 42.4 Å². The summed E-state index contributed by atoms with van der Waals surface area (Å²) in [5.41, 5.74) is 0.783. The number of carbonyl (C=O) groups excluding carboxylic acids is 2. The number of alkyl halides is 3. The lowest BCUT2D eigenvalue weighted by atomic mass is 10.2. The van der Waals surface area contributed by atoms with Crippen LogP contribution in [0.1, 0.15) is 31.7 Å². The molecule has 6 nitrogen and oxygen atoms in total. The number of ether oxygens (including phenoxy) is 2. The molecule has 1 atom stereocenters. The molecule has 31 heavy (non-hydrogen) atoms. The molecular formula is C20H23Cl3N2O4S2. The van der Waals surface area contributed by atoms with Crippen LogP contribution in [0, 0.1) is 0 Å². The molecule has 170 valence electrons. The summed E-state index contributed by atoms with van der Waals surface area (Å²) < 4.78 is 9.37. The molecule has 0 aromatic heterocycles. The van der Waals surface area contributed by atoms with Crippen LogP contribution in [0.4, 0.5) is 0 Å². The van der Waals surface area contributed by atoms with Crippen LogP contribution in [-0.4, -0.2) is 51.3 Å². The van der Waals surface area contributed by atoms with Crippen LogP contribution >= 0.6 is 58.8 Å². The van der Waals surface area contributed by atoms with E-state index in [0.29, 0.717) is 47.4 Å². The molecule has 11 heteroatoms. The van der Waals surface area contributed by atoms with E-state index < -0.39 is 10.0 Å². The van der Waals surface area contributed by atoms with Gasteiger partial charge in [-0.3, -0.25) is 14.5 Å². The Morgan fingerprint density at radius 1 is 1.32 bits per heavy atom. The van der Waals surface area contributed by atoms with Gasteiger partial charge in [-0.1, -0.05) is 77.8 Å². The zero-order chi connectivity index (χ0) is 23.0. The van der Waals surface area contributed by atoms with Gasteiger partial charge in [-0.05, 0) is 36.6 Å². The van der Waals surface area contributed by atoms with Gasteiger partial charge in [0.2, 0.25) is 15.9 Å². The first-order valence-electron chi connectivity index (χ1n) is 9.52. The summed E-state index contributed by atoms with van der Waals surface area (Å²) in [5, 5.41) is 2.57. The van der Waals surface area contributed by atoms with Gasteiger partial charge in [0, 0.05) is 26.7 Å². The molecule has 1 aliphatic heterocycles. The number of amides is 2. The molecular weight excluding hydrogens is 503 g/mol. The SMILES string of the molecule is CCCC(=O)N[C@H](Oc1ccc(/C=C2\SC(=S)N(CCCOC)C2=O)cc1)C(Cl)(Cl)Cl. The minimum Gasteiger partial charge on any atom is -0.466 e. The van der Waals surface area contributed by atoms with E-state index in [9.17, 15) is 9.59 Å². The predicted octanol–water partition coefficient (Wildman–Crippen LogP) is 4.92. The molecule has 0 spiro atoms. The van der Waals surface area contributed by atoms with Crippen molar-refractivity contribution in [1.29, 1.82) is 0 Å². The van der Waals surface area contributed by atoms with Gasteiger partial charge in [0.15, 0.2) is 0 Å². The number of carbonyl (C=O) groups is 2. The Kier molecular flexibility index (Phi) is 10.4. The summed E-state index contributed by atoms with van der Waals surface area (Å²) in [5.74, 6) is 0.00157. The summed E-state index contributed by atoms with van der Waals surface area (Å²) in [4.78, 5) is 26.6. The number of nitrogens with zero attached hydrogens (tertiary/aromatic N) is 1. The van der Waals surface area contributed by atoms with Crippen LogP contribution < -0.4 is 10.1 Å². The van der Waals surface area contributed by atoms with Crippen LogP contribution in [0.3, 0.4) is 0 Å². The number of thioether (sulfide) groups is 1. The first-order valence-corrected chi connectivity index (χ1v) is 11.9. The third-order valence-corrected chi connectivity index (χ3v) is 6.07. The molecule has 2 amide bonds. The van der Waals surface area contributed by atoms with Crippen LogP contribution in [0.5, 0.6) is 5.75 Å². The Labute approximate surface area is 206 Å². The molecule has 1 fully saturated rings. The Bertz CT molecular complexity index is 829. The molecule has 1 heterocycles. The monoisotopic (exact) mass is 524 g/mol. The second-order valence-electron chi connectivity index (χ2n) is 6.61. The van der Waals surface area contributed by atoms with Gasteiger partial charge in [-0.15, -0.1) is 0 Å². The largest absolute Gasteiger partial charge is 0.466 e. The Hall–Kier alpha value is -1.03. The number of benzene rings is 1. The smallest absolute Gasteiger partial charge is 0.266 e. The Morgan fingerprint density at radius 3 is 2.58 bits per heavy atom. The van der Waals surface area contributed by atoms with Gasteiger partial charge in [-0.2, -0.15) is 0 Å². The first-order chi connectivity index (χ1) is 14.7. The highest BCUT2D eigenvalue weighted by molar-refractivity contribution is 8.26. The van der Waals surface area contributed by atoms with Crippen molar-refractivity contribution >= 4 is 81.0 Å². The van der Waals surface area contributed by atoms with Crippen molar-refractivity contribution in [3.8, 4) is 5.75 Å². The maximum absolute atomic E-state index is 12.6. The molecule has 1 aromatic carbocycles. The number of methoxy groups -OCH3 is 1. The summed E-state index contributed by atoms with van der Waals surface area (Å²) in [7, 11) is 1.62. The predicted molar refractivity (Wildman–Crippen MR) is 131 cm³/mol. The summed E-state index contributed by atoms with van der Waals surface area (Å²) in [6, 6.07) is 6.85. The highest BCUT2D eigenvalue weighted by Gasteiger charge is 2.36. The van der Waals surface area contributed by atoms with Crippen LogP contribution in [0.25, 0.3) is 6.08 Å². The summed E-state index contributed by atoms with van der Waals surface area (Å²) >= 11 is 24.4. The zero-order valence-electron chi connectivity index (χ0n) is 17.0. The molecule has 2 rings (SSSR count). The average Bonchev–Trinajstić information content (AvgIpc) is 2.96. The second kappa shape index (κ2) is 12.3. The van der Waals surface area contributed by atoms with Crippen molar-refractivity contribution in [3.63, 3.8) is 0 Å². The third-order valence-electron chi connectivity index (χ3n) is 4.10. The maximum Gasteiger partial charge on any atom is 0.266 e.